The highest BCUT2D eigenvalue weighted by molar-refractivity contribution is 5.85. The fourth-order valence-corrected chi connectivity index (χ4v) is 3.56. The van der Waals surface area contributed by atoms with Crippen LogP contribution in [0, 0.1) is 5.92 Å². The first-order chi connectivity index (χ1) is 11.6. The largest absolute Gasteiger partial charge is 0.352 e. The molecule has 0 bridgehead atoms. The molecule has 2 N–H and O–H groups in total. The second-order valence-electron chi connectivity index (χ2n) is 7.15. The second kappa shape index (κ2) is 13.4. The van der Waals surface area contributed by atoms with Gasteiger partial charge in [0.2, 0.25) is 5.91 Å². The van der Waals surface area contributed by atoms with Crippen molar-refractivity contribution in [2.24, 2.45) is 5.92 Å². The van der Waals surface area contributed by atoms with E-state index in [1.165, 1.54) is 43.2 Å². The highest BCUT2D eigenvalue weighted by atomic mass is 35.5. The lowest BCUT2D eigenvalue weighted by molar-refractivity contribution is -0.124. The minimum Gasteiger partial charge on any atom is -0.352 e. The first-order valence-corrected chi connectivity index (χ1v) is 9.31. The van der Waals surface area contributed by atoms with Gasteiger partial charge in [0.15, 0.2) is 0 Å². The smallest absolute Gasteiger partial charge is 0.224 e. The highest BCUT2D eigenvalue weighted by Gasteiger charge is 2.19. The Bertz CT molecular complexity index is 522. The maximum absolute atomic E-state index is 12.1. The van der Waals surface area contributed by atoms with Gasteiger partial charge in [-0.15, -0.1) is 24.8 Å². The van der Waals surface area contributed by atoms with Gasteiger partial charge >= 0.3 is 0 Å². The number of nitrogens with one attached hydrogen (secondary N) is 2. The average molecular weight is 404 g/mol. The summed E-state index contributed by atoms with van der Waals surface area (Å²) >= 11 is 0. The molecule has 1 unspecified atom stereocenters. The van der Waals surface area contributed by atoms with Crippen molar-refractivity contribution in [3.8, 4) is 0 Å². The number of halogens is 2. The van der Waals surface area contributed by atoms with Crippen LogP contribution in [0.2, 0.25) is 0 Å². The lowest BCUT2D eigenvalue weighted by Gasteiger charge is -2.31. The van der Waals surface area contributed by atoms with E-state index in [-0.39, 0.29) is 36.6 Å². The normalized spacial score (nSPS) is 15.7. The number of carbonyl (C=O) groups is 1. The molecular formula is C20H35Cl2N3O. The van der Waals surface area contributed by atoms with Gasteiger partial charge in [0.25, 0.3) is 0 Å². The molecule has 1 aromatic carbocycles. The van der Waals surface area contributed by atoms with Crippen molar-refractivity contribution in [1.29, 1.82) is 0 Å². The van der Waals surface area contributed by atoms with Gasteiger partial charge in [0.1, 0.15) is 0 Å². The maximum Gasteiger partial charge on any atom is 0.224 e. The van der Waals surface area contributed by atoms with Crippen molar-refractivity contribution in [3.05, 3.63) is 35.4 Å². The standard InChI is InChI=1S/C20H33N3O.2ClH/c1-16(13-21-2)20(24)22-14-17-9-7-8-10-18(17)15-23(3)19-11-5-4-6-12-19;;/h7-10,16,19,21H,4-6,11-15H2,1-3H3,(H,22,24);2*1H. The van der Waals surface area contributed by atoms with Crippen LogP contribution in [0.5, 0.6) is 0 Å². The van der Waals surface area contributed by atoms with E-state index in [1.54, 1.807) is 0 Å². The van der Waals surface area contributed by atoms with E-state index in [1.807, 2.05) is 14.0 Å². The lowest BCUT2D eigenvalue weighted by Crippen LogP contribution is -2.35. The SMILES string of the molecule is CNCC(C)C(=O)NCc1ccccc1CN(C)C1CCCCC1.Cl.Cl. The van der Waals surface area contributed by atoms with Gasteiger partial charge in [-0.1, -0.05) is 50.5 Å². The number of hydrogen-bond donors (Lipinski definition) is 2. The number of benzene rings is 1. The summed E-state index contributed by atoms with van der Waals surface area (Å²) in [5.74, 6) is 0.104. The molecule has 1 saturated carbocycles. The third-order valence-electron chi connectivity index (χ3n) is 5.15. The van der Waals surface area contributed by atoms with E-state index < -0.39 is 0 Å². The van der Waals surface area contributed by atoms with Gasteiger partial charge in [-0.05, 0) is 38.1 Å². The van der Waals surface area contributed by atoms with Gasteiger partial charge in [-0.25, -0.2) is 0 Å². The van der Waals surface area contributed by atoms with E-state index in [2.05, 4.69) is 46.8 Å². The molecule has 1 atom stereocenters. The zero-order chi connectivity index (χ0) is 17.4. The Balaban J connectivity index is 0.00000312. The molecule has 1 aliphatic carbocycles. The Labute approximate surface area is 171 Å². The minimum atomic E-state index is -0.00734. The average Bonchev–Trinajstić information content (AvgIpc) is 2.61. The van der Waals surface area contributed by atoms with E-state index >= 15 is 0 Å². The molecule has 4 nitrogen and oxygen atoms in total. The molecule has 0 heterocycles. The van der Waals surface area contributed by atoms with Crippen LogP contribution in [0.25, 0.3) is 0 Å². The first-order valence-electron chi connectivity index (χ1n) is 9.31. The van der Waals surface area contributed by atoms with Crippen molar-refractivity contribution >= 4 is 30.7 Å². The van der Waals surface area contributed by atoms with Crippen LogP contribution in [0.3, 0.4) is 0 Å². The van der Waals surface area contributed by atoms with Gasteiger partial charge in [-0.3, -0.25) is 9.69 Å². The number of rotatable bonds is 8. The molecule has 0 aliphatic heterocycles. The molecular weight excluding hydrogens is 369 g/mol. The predicted octanol–water partition coefficient (Wildman–Crippen LogP) is 3.77. The van der Waals surface area contributed by atoms with Crippen molar-refractivity contribution in [2.45, 2.75) is 58.2 Å². The molecule has 0 aromatic heterocycles. The van der Waals surface area contributed by atoms with Crippen LogP contribution in [-0.4, -0.2) is 37.5 Å². The summed E-state index contributed by atoms with van der Waals surface area (Å²) in [7, 11) is 4.11. The van der Waals surface area contributed by atoms with Crippen LogP contribution in [0.15, 0.2) is 24.3 Å². The molecule has 0 saturated heterocycles. The van der Waals surface area contributed by atoms with E-state index in [9.17, 15) is 4.79 Å². The zero-order valence-corrected chi connectivity index (χ0v) is 17.9. The summed E-state index contributed by atoms with van der Waals surface area (Å²) in [6.45, 7) is 4.23. The topological polar surface area (TPSA) is 44.4 Å². The molecule has 1 fully saturated rings. The quantitative estimate of drug-likeness (QED) is 0.693. The summed E-state index contributed by atoms with van der Waals surface area (Å²) in [6.07, 6.45) is 6.73. The molecule has 1 aliphatic rings. The fraction of sp³-hybridized carbons (Fsp3) is 0.650. The van der Waals surface area contributed by atoms with E-state index in [0.29, 0.717) is 19.1 Å². The summed E-state index contributed by atoms with van der Waals surface area (Å²) < 4.78 is 0. The van der Waals surface area contributed by atoms with Crippen LogP contribution in [0.4, 0.5) is 0 Å². The van der Waals surface area contributed by atoms with E-state index in [0.717, 1.165) is 6.54 Å². The number of amides is 1. The van der Waals surface area contributed by atoms with Gasteiger partial charge in [0.05, 0.1) is 0 Å². The van der Waals surface area contributed by atoms with Gasteiger partial charge in [-0.2, -0.15) is 0 Å². The zero-order valence-electron chi connectivity index (χ0n) is 16.3. The molecule has 0 radical (unpaired) electrons. The predicted molar refractivity (Wildman–Crippen MR) is 114 cm³/mol. The van der Waals surface area contributed by atoms with Gasteiger partial charge in [0, 0.05) is 31.6 Å². The van der Waals surface area contributed by atoms with Crippen LogP contribution >= 0.6 is 24.8 Å². The van der Waals surface area contributed by atoms with Crippen molar-refractivity contribution in [1.82, 2.24) is 15.5 Å². The van der Waals surface area contributed by atoms with Crippen molar-refractivity contribution in [2.75, 3.05) is 20.6 Å². The fourth-order valence-electron chi connectivity index (χ4n) is 3.56. The highest BCUT2D eigenvalue weighted by Crippen LogP contribution is 2.23. The summed E-state index contributed by atoms with van der Waals surface area (Å²) in [5, 5.41) is 6.13. The summed E-state index contributed by atoms with van der Waals surface area (Å²) in [4.78, 5) is 14.6. The first kappa shape index (κ1) is 25.2. The number of nitrogens with zero attached hydrogens (tertiary/aromatic N) is 1. The second-order valence-corrected chi connectivity index (χ2v) is 7.15. The molecule has 1 aromatic rings. The van der Waals surface area contributed by atoms with E-state index in [4.69, 9.17) is 0 Å². The third kappa shape index (κ3) is 7.83. The van der Waals surface area contributed by atoms with Crippen molar-refractivity contribution in [3.63, 3.8) is 0 Å². The Hall–Kier alpha value is -0.810. The Morgan fingerprint density at radius 3 is 2.38 bits per heavy atom. The molecule has 26 heavy (non-hydrogen) atoms. The summed E-state index contributed by atoms with van der Waals surface area (Å²) in [6, 6.07) is 9.18. The minimum absolute atomic E-state index is 0. The number of hydrogen-bond acceptors (Lipinski definition) is 3. The Morgan fingerprint density at radius 2 is 1.77 bits per heavy atom. The summed E-state index contributed by atoms with van der Waals surface area (Å²) in [5.41, 5.74) is 2.55. The van der Waals surface area contributed by atoms with Crippen LogP contribution in [-0.2, 0) is 17.9 Å². The Morgan fingerprint density at radius 1 is 1.15 bits per heavy atom. The molecule has 150 valence electrons. The Kier molecular flexibility index (Phi) is 13.0. The lowest BCUT2D eigenvalue weighted by atomic mass is 9.94. The number of carbonyl (C=O) groups excluding carboxylic acids is 1. The third-order valence-corrected chi connectivity index (χ3v) is 5.15. The molecule has 0 spiro atoms. The van der Waals surface area contributed by atoms with Gasteiger partial charge < -0.3 is 10.6 Å². The maximum atomic E-state index is 12.1. The van der Waals surface area contributed by atoms with Crippen LogP contribution in [0.1, 0.15) is 50.2 Å². The van der Waals surface area contributed by atoms with Crippen molar-refractivity contribution < 1.29 is 4.79 Å². The molecule has 1 amide bonds. The molecule has 6 heteroatoms. The van der Waals surface area contributed by atoms with Crippen LogP contribution < -0.4 is 10.6 Å². The monoisotopic (exact) mass is 403 g/mol. The molecule has 2 rings (SSSR count).